The predicted molar refractivity (Wildman–Crippen MR) is 17.3 cm³/mol. The molecule has 0 heterocycles. The summed E-state index contributed by atoms with van der Waals surface area (Å²) in [4.78, 5) is 0. The van der Waals surface area contributed by atoms with Crippen LogP contribution in [0.25, 0.3) is 0 Å². The van der Waals surface area contributed by atoms with Crippen LogP contribution < -0.4 is 0 Å². The second-order valence-electron chi connectivity index (χ2n) is 0.211. The second kappa shape index (κ2) is 38.3. The first-order chi connectivity index (χ1) is 2.83. The van der Waals surface area contributed by atoms with Gasteiger partial charge in [0.25, 0.3) is 0 Å². The first-order valence-electron chi connectivity index (χ1n) is 0.988. The molecule has 0 radical (unpaired) electrons. The Balaban J connectivity index is -0.0000000400. The molecule has 0 rings (SSSR count). The summed E-state index contributed by atoms with van der Waals surface area (Å²) in [6.45, 7) is 0. The van der Waals surface area contributed by atoms with E-state index in [1.54, 1.807) is 0 Å². The van der Waals surface area contributed by atoms with Gasteiger partial charge in [-0.2, -0.15) is 0 Å². The quantitative estimate of drug-likeness (QED) is 0.390. The van der Waals surface area contributed by atoms with Crippen molar-refractivity contribution in [3.05, 3.63) is 0 Å². The Labute approximate surface area is 54.3 Å². The van der Waals surface area contributed by atoms with Crippen molar-refractivity contribution in [2.24, 2.45) is 0 Å². The summed E-state index contributed by atoms with van der Waals surface area (Å²) in [7, 11) is -0.500. The van der Waals surface area contributed by atoms with Gasteiger partial charge in [0.15, 0.2) is 0 Å². The van der Waals surface area contributed by atoms with E-state index in [0.29, 0.717) is 0 Å². The van der Waals surface area contributed by atoms with Gasteiger partial charge in [0.05, 0.1) is 0 Å². The van der Waals surface area contributed by atoms with E-state index in [9.17, 15) is 0 Å². The topological polar surface area (TPSA) is 74.6 Å². The maximum absolute atomic E-state index is 8.36. The van der Waals surface area contributed by atoms with E-state index in [-0.39, 0.29) is 34.2 Å². The average Bonchev–Trinajstić information content (AvgIpc) is 1.39. The van der Waals surface area contributed by atoms with E-state index in [2.05, 4.69) is 0 Å². The van der Waals surface area contributed by atoms with Crippen LogP contribution in [0.4, 0.5) is 0 Å². The van der Waals surface area contributed by atoms with E-state index in [0.717, 1.165) is 0 Å². The van der Waals surface area contributed by atoms with Crippen molar-refractivity contribution in [2.45, 2.75) is 0 Å². The van der Waals surface area contributed by atoms with Gasteiger partial charge >= 0.3 is 34.2 Å². The number of hydrogen-bond donors (Lipinski definition) is 2. The zero-order valence-corrected chi connectivity index (χ0v) is 6.54. The molecule has 7 heteroatoms. The third-order valence-electron chi connectivity index (χ3n) is 0. The van der Waals surface area contributed by atoms with Gasteiger partial charge in [-0.05, 0) is 0 Å². The average molecular weight is 153 g/mol. The fraction of sp³-hybridized carbons (Fsp3) is 0. The Bertz CT molecular complexity index is 30.7. The van der Waals surface area contributed by atoms with Gasteiger partial charge < -0.3 is 0 Å². The Hall–Kier alpha value is -0.0468. The second-order valence-corrected chi connectivity index (χ2v) is 0.211. The molecule has 0 aliphatic carbocycles. The molecule has 4 nitrogen and oxygen atoms in total. The molecule has 0 amide bonds. The largest absolute Gasteiger partial charge is 0 e. The van der Waals surface area contributed by atoms with Gasteiger partial charge in [0.1, 0.15) is 0 Å². The smallest absolute Gasteiger partial charge is 0 e. The van der Waals surface area contributed by atoms with E-state index in [4.69, 9.17) is 19.5 Å². The Morgan fingerprint density at radius 3 is 1.00 bits per heavy atom. The first kappa shape index (κ1) is 15.8. The van der Waals surface area contributed by atoms with Gasteiger partial charge in [0, 0.05) is 19.5 Å². The first-order valence-corrected chi connectivity index (χ1v) is 0.988. The number of rotatable bonds is 0. The molecule has 0 fully saturated rings. The maximum atomic E-state index is 8.36. The van der Waals surface area contributed by atoms with Crippen LogP contribution >= 0.6 is 0 Å². The molecule has 2 N–H and O–H groups in total. The van der Waals surface area contributed by atoms with Gasteiger partial charge in [-0.15, -0.1) is 0 Å². The molecule has 0 saturated heterocycles. The third-order valence-corrected chi connectivity index (χ3v) is 0. The predicted octanol–water partition coefficient (Wildman–Crippen LogP) is -2.12. The van der Waals surface area contributed by atoms with Crippen molar-refractivity contribution < 1.29 is 38.9 Å². The van der Waals surface area contributed by atoms with Crippen LogP contribution in [-0.2, 0) is 28.9 Å². The van der Waals surface area contributed by atoms with Crippen molar-refractivity contribution in [3.8, 4) is 0 Å². The molecular weight excluding hydrogens is 151 g/mol. The van der Waals surface area contributed by atoms with Crippen LogP contribution in [0.3, 0.4) is 0 Å². The molecule has 0 spiro atoms. The fourth-order valence-corrected chi connectivity index (χ4v) is 0. The summed E-state index contributed by atoms with van der Waals surface area (Å²) in [5.41, 5.74) is 0. The molecule has 0 atom stereocenters. The molecule has 0 aromatic heterocycles. The van der Waals surface area contributed by atoms with Crippen molar-refractivity contribution in [2.75, 3.05) is 0 Å². The molecule has 34 valence electrons. The van der Waals surface area contributed by atoms with Crippen LogP contribution in [0.15, 0.2) is 0 Å². The van der Waals surface area contributed by atoms with Crippen LogP contribution in [0.5, 0.6) is 0 Å². The van der Waals surface area contributed by atoms with Gasteiger partial charge in [-0.25, -0.2) is 0 Å². The van der Waals surface area contributed by atoms with Crippen molar-refractivity contribution in [1.82, 2.24) is 0 Å². The Kier molecular flexibility index (Phi) is 86.2. The molecule has 0 bridgehead atoms. The fourth-order valence-electron chi connectivity index (χ4n) is 0. The standard InChI is InChI=1S/2BHO2.Zn/c2*2-1-3;/h2*2H;. The minimum Gasteiger partial charge on any atom is 0 e. The monoisotopic (exact) mass is 152 g/mol. The SMILES string of the molecule is O=BO.O=BO.[Zn]. The van der Waals surface area contributed by atoms with Crippen LogP contribution in [0.1, 0.15) is 0 Å². The van der Waals surface area contributed by atoms with Crippen molar-refractivity contribution >= 4 is 14.7 Å². The van der Waals surface area contributed by atoms with Crippen molar-refractivity contribution in [3.63, 3.8) is 0 Å². The summed E-state index contributed by atoms with van der Waals surface area (Å²) in [5.74, 6) is 0. The van der Waals surface area contributed by atoms with Crippen LogP contribution in [0, 0.1) is 0 Å². The zero-order chi connectivity index (χ0) is 5.41. The molecule has 0 unspecified atom stereocenters. The summed E-state index contributed by atoms with van der Waals surface area (Å²) in [6, 6.07) is 0. The number of hydrogen-bond acceptors (Lipinski definition) is 2. The summed E-state index contributed by atoms with van der Waals surface area (Å²) in [6.07, 6.45) is 0. The molecule has 0 aliphatic rings. The van der Waals surface area contributed by atoms with Gasteiger partial charge in [0.2, 0.25) is 0 Å². The molecule has 0 aliphatic heterocycles. The summed E-state index contributed by atoms with van der Waals surface area (Å²) < 4.78 is 16.7. The normalized spacial score (nSPS) is 2.29. The molecule has 0 aromatic carbocycles. The van der Waals surface area contributed by atoms with Crippen molar-refractivity contribution in [1.29, 1.82) is 0 Å². The minimum absolute atomic E-state index is 0. The van der Waals surface area contributed by atoms with E-state index >= 15 is 0 Å². The maximum Gasteiger partial charge on any atom is 0 e. The van der Waals surface area contributed by atoms with E-state index < -0.39 is 0 Å². The van der Waals surface area contributed by atoms with E-state index in [1.807, 2.05) is 0 Å². The van der Waals surface area contributed by atoms with Crippen LogP contribution in [-0.4, -0.2) is 24.8 Å². The Morgan fingerprint density at radius 1 is 1.00 bits per heavy atom. The van der Waals surface area contributed by atoms with Gasteiger partial charge in [-0.3, -0.25) is 0 Å². The summed E-state index contributed by atoms with van der Waals surface area (Å²) in [5, 5.41) is 13.8. The van der Waals surface area contributed by atoms with E-state index in [1.165, 1.54) is 0 Å². The zero-order valence-electron chi connectivity index (χ0n) is 3.57. The molecule has 0 saturated carbocycles. The van der Waals surface area contributed by atoms with Gasteiger partial charge in [-0.1, -0.05) is 0 Å². The molecular formula is H2B2O4Zn. The minimum atomic E-state index is -0.250. The third kappa shape index (κ3) is 42600. The molecule has 0 aromatic rings. The van der Waals surface area contributed by atoms with Crippen LogP contribution in [0.2, 0.25) is 0 Å². The summed E-state index contributed by atoms with van der Waals surface area (Å²) >= 11 is 0. The molecule has 7 heavy (non-hydrogen) atoms. The Morgan fingerprint density at radius 2 is 1.00 bits per heavy atom.